The van der Waals surface area contributed by atoms with Crippen LogP contribution in [0.4, 0.5) is 5.69 Å². The fourth-order valence-electron chi connectivity index (χ4n) is 3.09. The predicted octanol–water partition coefficient (Wildman–Crippen LogP) is 5.80. The second-order valence-electron chi connectivity index (χ2n) is 7.14. The van der Waals surface area contributed by atoms with E-state index in [1.54, 1.807) is 0 Å². The lowest BCUT2D eigenvalue weighted by Gasteiger charge is -2.19. The van der Waals surface area contributed by atoms with Gasteiger partial charge >= 0.3 is 0 Å². The van der Waals surface area contributed by atoms with Crippen molar-refractivity contribution < 1.29 is 9.47 Å². The molecule has 0 bridgehead atoms. The second-order valence-corrected chi connectivity index (χ2v) is 7.14. The summed E-state index contributed by atoms with van der Waals surface area (Å²) in [7, 11) is 0. The monoisotopic (exact) mass is 375 g/mol. The molecule has 3 nitrogen and oxygen atoms in total. The Hall–Kier alpha value is -2.94. The zero-order valence-electron chi connectivity index (χ0n) is 16.9. The smallest absolute Gasteiger partial charge is 0.125 e. The number of benzene rings is 3. The molecule has 28 heavy (non-hydrogen) atoms. The van der Waals surface area contributed by atoms with Crippen molar-refractivity contribution in [1.29, 1.82) is 0 Å². The molecule has 0 heterocycles. The molecule has 3 heteroatoms. The van der Waals surface area contributed by atoms with Crippen LogP contribution < -0.4 is 14.8 Å². The van der Waals surface area contributed by atoms with Gasteiger partial charge in [0.25, 0.3) is 0 Å². The van der Waals surface area contributed by atoms with Crippen LogP contribution in [-0.2, 0) is 6.42 Å². The molecule has 3 aromatic carbocycles. The van der Waals surface area contributed by atoms with Crippen molar-refractivity contribution in [2.45, 2.75) is 33.3 Å². The van der Waals surface area contributed by atoms with Crippen molar-refractivity contribution in [3.8, 4) is 11.5 Å². The lowest BCUT2D eigenvalue weighted by molar-refractivity contribution is 0.231. The van der Waals surface area contributed by atoms with Crippen molar-refractivity contribution in [1.82, 2.24) is 0 Å². The largest absolute Gasteiger partial charge is 0.493 e. The van der Waals surface area contributed by atoms with Gasteiger partial charge in [-0.15, -0.1) is 0 Å². The number of rotatable bonds is 9. The summed E-state index contributed by atoms with van der Waals surface area (Å²) in [5.41, 5.74) is 4.69. The van der Waals surface area contributed by atoms with Crippen LogP contribution in [0.1, 0.15) is 23.6 Å². The van der Waals surface area contributed by atoms with Gasteiger partial charge in [0.15, 0.2) is 0 Å². The first-order valence-corrected chi connectivity index (χ1v) is 9.85. The van der Waals surface area contributed by atoms with E-state index in [2.05, 4.69) is 68.6 Å². The topological polar surface area (TPSA) is 30.5 Å². The maximum absolute atomic E-state index is 6.13. The molecule has 0 aliphatic rings. The summed E-state index contributed by atoms with van der Waals surface area (Å²) in [6, 6.07) is 24.7. The highest BCUT2D eigenvalue weighted by atomic mass is 16.5. The van der Waals surface area contributed by atoms with Gasteiger partial charge in [-0.3, -0.25) is 0 Å². The summed E-state index contributed by atoms with van der Waals surface area (Å²) in [6.45, 7) is 7.66. The second kappa shape index (κ2) is 9.84. The van der Waals surface area contributed by atoms with Gasteiger partial charge in [-0.25, -0.2) is 0 Å². The summed E-state index contributed by atoms with van der Waals surface area (Å²) in [5.74, 6) is 1.88. The lowest BCUT2D eigenvalue weighted by atomic mass is 10.1. The van der Waals surface area contributed by atoms with Gasteiger partial charge in [-0.2, -0.15) is 0 Å². The Kier molecular flexibility index (Phi) is 6.96. The number of hydrogen-bond donors (Lipinski definition) is 1. The van der Waals surface area contributed by atoms with Crippen molar-refractivity contribution in [3.05, 3.63) is 89.5 Å². The van der Waals surface area contributed by atoms with Gasteiger partial charge < -0.3 is 14.8 Å². The normalized spacial score (nSPS) is 11.7. The van der Waals surface area contributed by atoms with Crippen LogP contribution in [0.15, 0.2) is 72.8 Å². The Morgan fingerprint density at radius 1 is 0.821 bits per heavy atom. The Morgan fingerprint density at radius 3 is 2.18 bits per heavy atom. The van der Waals surface area contributed by atoms with Crippen molar-refractivity contribution in [2.75, 3.05) is 18.5 Å². The quantitative estimate of drug-likeness (QED) is 0.512. The third kappa shape index (κ3) is 5.78. The van der Waals surface area contributed by atoms with Crippen LogP contribution in [0.5, 0.6) is 11.5 Å². The first-order chi connectivity index (χ1) is 13.6. The zero-order valence-corrected chi connectivity index (χ0v) is 16.9. The summed E-state index contributed by atoms with van der Waals surface area (Å²) in [5, 5.41) is 3.43. The van der Waals surface area contributed by atoms with E-state index < -0.39 is 0 Å². The van der Waals surface area contributed by atoms with E-state index >= 15 is 0 Å². The van der Waals surface area contributed by atoms with E-state index in [0.29, 0.717) is 6.61 Å². The van der Waals surface area contributed by atoms with Crippen molar-refractivity contribution >= 4 is 5.69 Å². The highest BCUT2D eigenvalue weighted by Crippen LogP contribution is 2.24. The van der Waals surface area contributed by atoms with Gasteiger partial charge in [-0.05, 0) is 61.7 Å². The summed E-state index contributed by atoms with van der Waals surface area (Å²) in [6.07, 6.45) is 0.982. The molecule has 0 spiro atoms. The minimum Gasteiger partial charge on any atom is -0.493 e. The highest BCUT2D eigenvalue weighted by molar-refractivity contribution is 5.46. The van der Waals surface area contributed by atoms with Crippen molar-refractivity contribution in [3.63, 3.8) is 0 Å². The van der Waals surface area contributed by atoms with Gasteiger partial charge in [0.05, 0.1) is 13.2 Å². The number of nitrogens with one attached hydrogen (secondary N) is 1. The fraction of sp³-hybridized carbons (Fsp3) is 0.280. The average molecular weight is 376 g/mol. The fourth-order valence-corrected chi connectivity index (χ4v) is 3.09. The summed E-state index contributed by atoms with van der Waals surface area (Å²) < 4.78 is 12.0. The predicted molar refractivity (Wildman–Crippen MR) is 117 cm³/mol. The molecule has 1 atom stereocenters. The molecule has 0 radical (unpaired) electrons. The van der Waals surface area contributed by atoms with E-state index in [9.17, 15) is 0 Å². The molecule has 0 aliphatic carbocycles. The van der Waals surface area contributed by atoms with E-state index in [4.69, 9.17) is 9.47 Å². The van der Waals surface area contributed by atoms with Gasteiger partial charge in [0, 0.05) is 12.1 Å². The van der Waals surface area contributed by atoms with Gasteiger partial charge in [0.1, 0.15) is 17.6 Å². The Morgan fingerprint density at radius 2 is 1.50 bits per heavy atom. The van der Waals surface area contributed by atoms with E-state index in [0.717, 1.165) is 30.2 Å². The first-order valence-electron chi connectivity index (χ1n) is 9.85. The van der Waals surface area contributed by atoms with Gasteiger partial charge in [0.2, 0.25) is 0 Å². The number of hydrogen-bond acceptors (Lipinski definition) is 3. The molecule has 0 saturated heterocycles. The molecule has 0 amide bonds. The molecule has 3 rings (SSSR count). The van der Waals surface area contributed by atoms with Crippen LogP contribution in [0.2, 0.25) is 0 Å². The third-order valence-corrected chi connectivity index (χ3v) is 4.68. The number of ether oxygens (including phenoxy) is 2. The zero-order chi connectivity index (χ0) is 19.8. The minimum atomic E-state index is 0.0709. The molecule has 0 saturated carbocycles. The maximum Gasteiger partial charge on any atom is 0.125 e. The highest BCUT2D eigenvalue weighted by Gasteiger charge is 2.09. The van der Waals surface area contributed by atoms with E-state index in [1.165, 1.54) is 16.7 Å². The third-order valence-electron chi connectivity index (χ3n) is 4.68. The van der Waals surface area contributed by atoms with Gasteiger partial charge in [-0.1, -0.05) is 48.5 Å². The Bertz CT molecular complexity index is 839. The van der Waals surface area contributed by atoms with Crippen LogP contribution in [0.3, 0.4) is 0 Å². The van der Waals surface area contributed by atoms with E-state index in [1.807, 2.05) is 30.3 Å². The standard InChI is InChI=1S/C25H29NO2/c1-19-8-7-9-20(2)25(19)28-21(3)18-26-23-12-14-24(15-13-23)27-17-16-22-10-5-4-6-11-22/h4-15,21,26H,16-18H2,1-3H3. The van der Waals surface area contributed by atoms with Crippen molar-refractivity contribution in [2.24, 2.45) is 0 Å². The molecule has 3 aromatic rings. The molecule has 0 aliphatic heterocycles. The molecule has 0 aromatic heterocycles. The molecular weight excluding hydrogens is 346 g/mol. The number of aryl methyl sites for hydroxylation is 2. The van der Waals surface area contributed by atoms with Crippen LogP contribution in [0.25, 0.3) is 0 Å². The van der Waals surface area contributed by atoms with Crippen LogP contribution in [-0.4, -0.2) is 19.3 Å². The summed E-state index contributed by atoms with van der Waals surface area (Å²) >= 11 is 0. The van der Waals surface area contributed by atoms with Crippen LogP contribution >= 0.6 is 0 Å². The lowest BCUT2D eigenvalue weighted by Crippen LogP contribution is -2.23. The Balaban J connectivity index is 1.43. The minimum absolute atomic E-state index is 0.0709. The average Bonchev–Trinajstić information content (AvgIpc) is 2.71. The van der Waals surface area contributed by atoms with E-state index in [-0.39, 0.29) is 6.10 Å². The van der Waals surface area contributed by atoms with Crippen LogP contribution in [0, 0.1) is 13.8 Å². The molecular formula is C25H29NO2. The molecule has 146 valence electrons. The summed E-state index contributed by atoms with van der Waals surface area (Å²) in [4.78, 5) is 0. The SMILES string of the molecule is Cc1cccc(C)c1OC(C)CNc1ccc(OCCc2ccccc2)cc1. The molecule has 0 fully saturated rings. The first kappa shape index (κ1) is 19.8. The molecule has 1 N–H and O–H groups in total. The number of para-hydroxylation sites is 1. The Labute approximate surface area is 168 Å². The number of anilines is 1. The molecule has 1 unspecified atom stereocenters. The maximum atomic E-state index is 6.13.